The molecule has 1 amide bonds. The van der Waals surface area contributed by atoms with Crippen LogP contribution in [0.2, 0.25) is 0 Å². The summed E-state index contributed by atoms with van der Waals surface area (Å²) in [5.41, 5.74) is 6.32. The summed E-state index contributed by atoms with van der Waals surface area (Å²) in [5, 5.41) is 12.1. The molecule has 0 atom stereocenters. The van der Waals surface area contributed by atoms with E-state index in [-0.39, 0.29) is 5.91 Å². The van der Waals surface area contributed by atoms with E-state index < -0.39 is 0 Å². The topological polar surface area (TPSA) is 81.4 Å². The smallest absolute Gasteiger partial charge is 0.221 e. The molecule has 0 saturated carbocycles. The van der Waals surface area contributed by atoms with Crippen LogP contribution in [0.15, 0.2) is 65.9 Å². The fourth-order valence-electron chi connectivity index (χ4n) is 3.35. The summed E-state index contributed by atoms with van der Waals surface area (Å²) in [5.74, 6) is -0.137. The molecule has 0 bridgehead atoms. The van der Waals surface area contributed by atoms with E-state index in [1.807, 2.05) is 49.5 Å². The summed E-state index contributed by atoms with van der Waals surface area (Å²) in [6.45, 7) is 1.48. The van der Waals surface area contributed by atoms with Crippen molar-refractivity contribution in [3.05, 3.63) is 66.4 Å². The molecular formula is C23H21N5O2. The van der Waals surface area contributed by atoms with E-state index in [0.29, 0.717) is 5.69 Å². The largest absolute Gasteiger partial charge is 0.399 e. The second-order valence-corrected chi connectivity index (χ2v) is 6.87. The number of hydrogen-bond acceptors (Lipinski definition) is 5. The third-order valence-corrected chi connectivity index (χ3v) is 4.69. The van der Waals surface area contributed by atoms with Crippen LogP contribution in [-0.4, -0.2) is 34.0 Å². The van der Waals surface area contributed by atoms with Gasteiger partial charge in [-0.2, -0.15) is 5.10 Å². The van der Waals surface area contributed by atoms with Crippen molar-refractivity contribution in [2.75, 3.05) is 12.4 Å². The Kier molecular flexibility index (Phi) is 5.26. The van der Waals surface area contributed by atoms with Crippen molar-refractivity contribution in [1.29, 1.82) is 0 Å². The maximum Gasteiger partial charge on any atom is 0.221 e. The third-order valence-electron chi connectivity index (χ3n) is 4.69. The van der Waals surface area contributed by atoms with Crippen LogP contribution in [0, 0.1) is 0 Å². The van der Waals surface area contributed by atoms with Crippen LogP contribution in [0.3, 0.4) is 0 Å². The molecule has 0 spiro atoms. The number of aryl methyl sites for hydroxylation is 1. The van der Waals surface area contributed by atoms with Gasteiger partial charge in [-0.3, -0.25) is 4.79 Å². The van der Waals surface area contributed by atoms with Crippen molar-refractivity contribution < 1.29 is 9.63 Å². The molecule has 2 heterocycles. The van der Waals surface area contributed by atoms with Gasteiger partial charge in [-0.05, 0) is 28.8 Å². The molecule has 0 aliphatic rings. The molecule has 2 aromatic heterocycles. The molecule has 4 rings (SSSR count). The van der Waals surface area contributed by atoms with Gasteiger partial charge in [0.05, 0.1) is 18.1 Å². The van der Waals surface area contributed by atoms with E-state index in [1.165, 1.54) is 14.0 Å². The number of nitrogens with zero attached hydrogens (tertiary/aromatic N) is 4. The van der Waals surface area contributed by atoms with Crippen molar-refractivity contribution in [3.8, 4) is 22.4 Å². The van der Waals surface area contributed by atoms with Gasteiger partial charge in [0.2, 0.25) is 5.91 Å². The second kappa shape index (κ2) is 8.16. The van der Waals surface area contributed by atoms with Crippen LogP contribution in [0.4, 0.5) is 5.69 Å². The number of fused-ring (bicyclic) bond motifs is 1. The number of carbonyl (C=O) groups is 1. The number of nitrogens with one attached hydrogen (secondary N) is 1. The quantitative estimate of drug-likeness (QED) is 0.402. The number of benzene rings is 2. The monoisotopic (exact) mass is 399 g/mol. The van der Waals surface area contributed by atoms with Crippen molar-refractivity contribution in [1.82, 2.24) is 14.8 Å². The van der Waals surface area contributed by atoms with Gasteiger partial charge in [-0.15, -0.1) is 0 Å². The Morgan fingerprint density at radius 3 is 2.60 bits per heavy atom. The highest BCUT2D eigenvalue weighted by atomic mass is 16.6. The van der Waals surface area contributed by atoms with E-state index in [1.54, 1.807) is 17.1 Å². The molecular weight excluding hydrogens is 378 g/mol. The summed E-state index contributed by atoms with van der Waals surface area (Å²) in [4.78, 5) is 20.6. The van der Waals surface area contributed by atoms with Gasteiger partial charge >= 0.3 is 0 Å². The fourth-order valence-corrected chi connectivity index (χ4v) is 3.35. The zero-order chi connectivity index (χ0) is 21.1. The summed E-state index contributed by atoms with van der Waals surface area (Å²) < 4.78 is 1.75. The van der Waals surface area contributed by atoms with Gasteiger partial charge < -0.3 is 10.2 Å². The minimum Gasteiger partial charge on any atom is -0.399 e. The molecule has 0 unspecified atom stereocenters. The number of amides is 1. The highest BCUT2D eigenvalue weighted by Gasteiger charge is 2.14. The minimum absolute atomic E-state index is 0.137. The predicted octanol–water partition coefficient (Wildman–Crippen LogP) is 4.24. The Morgan fingerprint density at radius 2 is 1.87 bits per heavy atom. The maximum atomic E-state index is 11.4. The minimum atomic E-state index is -0.137. The van der Waals surface area contributed by atoms with Gasteiger partial charge in [0.15, 0.2) is 5.65 Å². The average molecular weight is 399 g/mol. The normalized spacial score (nSPS) is 11.2. The summed E-state index contributed by atoms with van der Waals surface area (Å²) >= 11 is 0. The summed E-state index contributed by atoms with van der Waals surface area (Å²) in [6.07, 6.45) is 3.31. The van der Waals surface area contributed by atoms with Gasteiger partial charge in [0.25, 0.3) is 0 Å². The number of anilines is 1. The number of aromatic nitrogens is 3. The van der Waals surface area contributed by atoms with Crippen molar-refractivity contribution in [2.24, 2.45) is 12.2 Å². The zero-order valence-electron chi connectivity index (χ0n) is 17.0. The first-order valence-electron chi connectivity index (χ1n) is 9.43. The highest BCUT2D eigenvalue weighted by Crippen LogP contribution is 2.31. The van der Waals surface area contributed by atoms with Gasteiger partial charge in [0.1, 0.15) is 12.8 Å². The van der Waals surface area contributed by atoms with Gasteiger partial charge in [0, 0.05) is 24.9 Å². The van der Waals surface area contributed by atoms with E-state index in [9.17, 15) is 4.79 Å². The molecule has 0 fully saturated rings. The number of oxime groups is 1. The van der Waals surface area contributed by atoms with Crippen LogP contribution in [0.1, 0.15) is 12.5 Å². The Balaban J connectivity index is 1.74. The van der Waals surface area contributed by atoms with Crippen LogP contribution in [0.25, 0.3) is 33.4 Å². The summed E-state index contributed by atoms with van der Waals surface area (Å²) in [7, 11) is 3.38. The lowest BCUT2D eigenvalue weighted by atomic mass is 10.00. The number of carbonyl (C=O) groups excluding carboxylic acids is 1. The maximum absolute atomic E-state index is 11.4. The van der Waals surface area contributed by atoms with E-state index in [0.717, 1.165) is 39.0 Å². The SMILES string of the molecule is CON=Cc1ccc(-c2cccc(-c3nn(C)c4ncc(NC(C)=O)cc34)c2)cc1. The van der Waals surface area contributed by atoms with E-state index in [4.69, 9.17) is 4.84 Å². The molecule has 7 nitrogen and oxygen atoms in total. The second-order valence-electron chi connectivity index (χ2n) is 6.87. The molecule has 150 valence electrons. The van der Waals surface area contributed by atoms with Gasteiger partial charge in [-0.1, -0.05) is 47.6 Å². The molecule has 0 aliphatic heterocycles. The van der Waals surface area contributed by atoms with Crippen molar-refractivity contribution >= 4 is 28.8 Å². The number of rotatable bonds is 5. The lowest BCUT2D eigenvalue weighted by molar-refractivity contribution is -0.114. The van der Waals surface area contributed by atoms with Gasteiger partial charge in [-0.25, -0.2) is 9.67 Å². The molecule has 7 heteroatoms. The molecule has 0 aliphatic carbocycles. The first kappa shape index (κ1) is 19.3. The van der Waals surface area contributed by atoms with Crippen molar-refractivity contribution in [2.45, 2.75) is 6.92 Å². The van der Waals surface area contributed by atoms with Crippen molar-refractivity contribution in [3.63, 3.8) is 0 Å². The molecule has 2 aromatic carbocycles. The van der Waals surface area contributed by atoms with Crippen LogP contribution >= 0.6 is 0 Å². The molecule has 1 N–H and O–H groups in total. The zero-order valence-corrected chi connectivity index (χ0v) is 17.0. The lowest BCUT2D eigenvalue weighted by Gasteiger charge is -2.06. The average Bonchev–Trinajstić information content (AvgIpc) is 3.08. The molecule has 0 saturated heterocycles. The highest BCUT2D eigenvalue weighted by molar-refractivity contribution is 5.96. The first-order valence-corrected chi connectivity index (χ1v) is 9.43. The Morgan fingerprint density at radius 1 is 1.10 bits per heavy atom. The predicted molar refractivity (Wildman–Crippen MR) is 118 cm³/mol. The molecule has 0 radical (unpaired) electrons. The fraction of sp³-hybridized carbons (Fsp3) is 0.130. The van der Waals surface area contributed by atoms with Crippen LogP contribution < -0.4 is 5.32 Å². The molecule has 30 heavy (non-hydrogen) atoms. The van der Waals surface area contributed by atoms with Crippen LogP contribution in [-0.2, 0) is 16.7 Å². The Hall–Kier alpha value is -4.00. The number of pyridine rings is 1. The first-order chi connectivity index (χ1) is 14.5. The Bertz CT molecular complexity index is 1240. The molecule has 4 aromatic rings. The third kappa shape index (κ3) is 3.91. The standard InChI is InChI=1S/C23H21N5O2/c1-15(29)26-20-12-21-22(27-28(2)23(21)24-14-20)19-6-4-5-18(11-19)17-9-7-16(8-10-17)13-25-30-3/h4-14H,1-3H3,(H,26,29). The lowest BCUT2D eigenvalue weighted by Crippen LogP contribution is -2.05. The van der Waals surface area contributed by atoms with E-state index in [2.05, 4.69) is 32.7 Å². The Labute approximate surface area is 174 Å². The van der Waals surface area contributed by atoms with Crippen LogP contribution in [0.5, 0.6) is 0 Å². The summed E-state index contributed by atoms with van der Waals surface area (Å²) in [6, 6.07) is 18.2. The van der Waals surface area contributed by atoms with E-state index >= 15 is 0 Å². The number of hydrogen-bond donors (Lipinski definition) is 1.